The van der Waals surface area contributed by atoms with E-state index >= 15 is 0 Å². The maximum atomic E-state index is 12.9. The standard InChI is InChI=1S/C19H22N4O2/c1-22(2)17-9-8-15(13-21-17)19(25)23-11-10-20-18(24)16(23)12-14-6-4-3-5-7-14/h3-9,13,16H,10-12H2,1-2H3,(H,20,24)/t16-/m1/s1. The van der Waals surface area contributed by atoms with Crippen LogP contribution >= 0.6 is 0 Å². The number of nitrogens with one attached hydrogen (secondary N) is 1. The van der Waals surface area contributed by atoms with Gasteiger partial charge in [0.15, 0.2) is 0 Å². The minimum atomic E-state index is -0.503. The Morgan fingerprint density at radius 3 is 2.64 bits per heavy atom. The Labute approximate surface area is 147 Å². The molecule has 0 unspecified atom stereocenters. The summed E-state index contributed by atoms with van der Waals surface area (Å²) < 4.78 is 0. The van der Waals surface area contributed by atoms with Crippen LogP contribution in [0.25, 0.3) is 0 Å². The molecule has 6 heteroatoms. The fraction of sp³-hybridized carbons (Fsp3) is 0.316. The van der Waals surface area contributed by atoms with Crippen LogP contribution < -0.4 is 10.2 Å². The van der Waals surface area contributed by atoms with Gasteiger partial charge in [-0.25, -0.2) is 4.98 Å². The minimum absolute atomic E-state index is 0.110. The summed E-state index contributed by atoms with van der Waals surface area (Å²) in [6.07, 6.45) is 2.07. The van der Waals surface area contributed by atoms with Crippen molar-refractivity contribution in [2.45, 2.75) is 12.5 Å². The Hall–Kier alpha value is -2.89. The Bertz CT molecular complexity index is 744. The maximum absolute atomic E-state index is 12.9. The van der Waals surface area contributed by atoms with Gasteiger partial charge in [-0.3, -0.25) is 9.59 Å². The van der Waals surface area contributed by atoms with Crippen LogP contribution in [0.2, 0.25) is 0 Å². The molecule has 1 atom stereocenters. The third kappa shape index (κ3) is 3.79. The quantitative estimate of drug-likeness (QED) is 0.913. The lowest BCUT2D eigenvalue weighted by molar-refractivity contribution is -0.127. The van der Waals surface area contributed by atoms with E-state index in [0.717, 1.165) is 11.4 Å². The molecule has 1 aromatic heterocycles. The summed E-state index contributed by atoms with van der Waals surface area (Å²) in [5, 5.41) is 2.86. The SMILES string of the molecule is CN(C)c1ccc(C(=O)N2CCNC(=O)[C@H]2Cc2ccccc2)cn1. The van der Waals surface area contributed by atoms with E-state index in [0.29, 0.717) is 25.1 Å². The van der Waals surface area contributed by atoms with Crippen molar-refractivity contribution in [1.82, 2.24) is 15.2 Å². The lowest BCUT2D eigenvalue weighted by Gasteiger charge is -2.35. The van der Waals surface area contributed by atoms with Gasteiger partial charge in [0.25, 0.3) is 5.91 Å². The molecule has 2 aromatic rings. The highest BCUT2D eigenvalue weighted by Crippen LogP contribution is 2.17. The average Bonchev–Trinajstić information content (AvgIpc) is 2.64. The predicted molar refractivity (Wildman–Crippen MR) is 96.5 cm³/mol. The molecular formula is C19H22N4O2. The van der Waals surface area contributed by atoms with E-state index in [1.807, 2.05) is 55.4 Å². The Morgan fingerprint density at radius 2 is 2.00 bits per heavy atom. The third-order valence-electron chi connectivity index (χ3n) is 4.32. The molecule has 1 N–H and O–H groups in total. The molecule has 25 heavy (non-hydrogen) atoms. The molecule has 3 rings (SSSR count). The fourth-order valence-corrected chi connectivity index (χ4v) is 2.94. The van der Waals surface area contributed by atoms with E-state index in [2.05, 4.69) is 10.3 Å². The summed E-state index contributed by atoms with van der Waals surface area (Å²) in [4.78, 5) is 33.1. The summed E-state index contributed by atoms with van der Waals surface area (Å²) in [7, 11) is 3.80. The first-order valence-electron chi connectivity index (χ1n) is 8.32. The monoisotopic (exact) mass is 338 g/mol. The number of hydrogen-bond acceptors (Lipinski definition) is 4. The van der Waals surface area contributed by atoms with Gasteiger partial charge >= 0.3 is 0 Å². The second-order valence-corrected chi connectivity index (χ2v) is 6.29. The van der Waals surface area contributed by atoms with Gasteiger partial charge in [0, 0.05) is 39.8 Å². The van der Waals surface area contributed by atoms with Crippen LogP contribution in [0.4, 0.5) is 5.82 Å². The topological polar surface area (TPSA) is 65.5 Å². The molecule has 1 fully saturated rings. The molecule has 1 aliphatic heterocycles. The van der Waals surface area contributed by atoms with Crippen LogP contribution in [0.1, 0.15) is 15.9 Å². The number of aromatic nitrogens is 1. The molecule has 0 aliphatic carbocycles. The van der Waals surface area contributed by atoms with E-state index in [-0.39, 0.29) is 11.8 Å². The van der Waals surface area contributed by atoms with Crippen LogP contribution in [-0.4, -0.2) is 54.9 Å². The second-order valence-electron chi connectivity index (χ2n) is 6.29. The summed E-state index contributed by atoms with van der Waals surface area (Å²) in [5.41, 5.74) is 1.53. The number of pyridine rings is 1. The van der Waals surface area contributed by atoms with Gasteiger partial charge in [0.2, 0.25) is 5.91 Å². The van der Waals surface area contributed by atoms with E-state index in [1.165, 1.54) is 0 Å². The highest BCUT2D eigenvalue weighted by Gasteiger charge is 2.33. The normalized spacial score (nSPS) is 17.1. The maximum Gasteiger partial charge on any atom is 0.256 e. The lowest BCUT2D eigenvalue weighted by atomic mass is 10.0. The molecule has 0 bridgehead atoms. The molecule has 2 heterocycles. The highest BCUT2D eigenvalue weighted by molar-refractivity contribution is 5.98. The Kier molecular flexibility index (Phi) is 4.97. The van der Waals surface area contributed by atoms with E-state index in [4.69, 9.17) is 0 Å². The highest BCUT2D eigenvalue weighted by atomic mass is 16.2. The molecule has 0 spiro atoms. The zero-order valence-electron chi connectivity index (χ0n) is 14.5. The smallest absolute Gasteiger partial charge is 0.256 e. The van der Waals surface area contributed by atoms with E-state index in [1.54, 1.807) is 17.2 Å². The molecule has 2 amide bonds. The van der Waals surface area contributed by atoms with Crippen molar-refractivity contribution in [1.29, 1.82) is 0 Å². The van der Waals surface area contributed by atoms with Crippen molar-refractivity contribution in [2.24, 2.45) is 0 Å². The summed E-state index contributed by atoms with van der Waals surface area (Å²) >= 11 is 0. The van der Waals surface area contributed by atoms with Crippen LogP contribution in [0.15, 0.2) is 48.7 Å². The minimum Gasteiger partial charge on any atom is -0.363 e. The van der Waals surface area contributed by atoms with Gasteiger partial charge in [-0.05, 0) is 17.7 Å². The van der Waals surface area contributed by atoms with Gasteiger partial charge in [-0.15, -0.1) is 0 Å². The number of hydrogen-bond donors (Lipinski definition) is 1. The Balaban J connectivity index is 1.81. The van der Waals surface area contributed by atoms with Gasteiger partial charge in [-0.1, -0.05) is 30.3 Å². The van der Waals surface area contributed by atoms with Gasteiger partial charge in [0.1, 0.15) is 11.9 Å². The number of carbonyl (C=O) groups excluding carboxylic acids is 2. The molecular weight excluding hydrogens is 316 g/mol. The molecule has 6 nitrogen and oxygen atoms in total. The van der Waals surface area contributed by atoms with E-state index < -0.39 is 6.04 Å². The van der Waals surface area contributed by atoms with Crippen molar-refractivity contribution in [3.63, 3.8) is 0 Å². The number of amides is 2. The summed E-state index contributed by atoms with van der Waals surface area (Å²) in [5.74, 6) is 0.517. The molecule has 1 aromatic carbocycles. The van der Waals surface area contributed by atoms with E-state index in [9.17, 15) is 9.59 Å². The first-order chi connectivity index (χ1) is 12.1. The summed E-state index contributed by atoms with van der Waals surface area (Å²) in [6, 6.07) is 12.8. The average molecular weight is 338 g/mol. The molecule has 0 saturated carbocycles. The van der Waals surface area contributed by atoms with Crippen LogP contribution in [-0.2, 0) is 11.2 Å². The van der Waals surface area contributed by atoms with Crippen molar-refractivity contribution in [3.8, 4) is 0 Å². The van der Waals surface area contributed by atoms with Crippen molar-refractivity contribution < 1.29 is 9.59 Å². The molecule has 1 aliphatic rings. The largest absolute Gasteiger partial charge is 0.363 e. The van der Waals surface area contributed by atoms with Crippen LogP contribution in [0.5, 0.6) is 0 Å². The summed E-state index contributed by atoms with van der Waals surface area (Å²) in [6.45, 7) is 0.969. The molecule has 0 radical (unpaired) electrons. The van der Waals surface area contributed by atoms with Crippen molar-refractivity contribution in [3.05, 3.63) is 59.8 Å². The first-order valence-corrected chi connectivity index (χ1v) is 8.32. The first kappa shape index (κ1) is 17.0. The lowest BCUT2D eigenvalue weighted by Crippen LogP contribution is -2.58. The number of piperazine rings is 1. The third-order valence-corrected chi connectivity index (χ3v) is 4.32. The van der Waals surface area contributed by atoms with Crippen molar-refractivity contribution in [2.75, 3.05) is 32.1 Å². The fourth-order valence-electron chi connectivity index (χ4n) is 2.94. The number of nitrogens with zero attached hydrogens (tertiary/aromatic N) is 3. The van der Waals surface area contributed by atoms with Gasteiger partial charge < -0.3 is 15.1 Å². The van der Waals surface area contributed by atoms with Crippen LogP contribution in [0, 0.1) is 0 Å². The molecule has 130 valence electrons. The van der Waals surface area contributed by atoms with Gasteiger partial charge in [-0.2, -0.15) is 0 Å². The van der Waals surface area contributed by atoms with Gasteiger partial charge in [0.05, 0.1) is 5.56 Å². The number of benzene rings is 1. The second kappa shape index (κ2) is 7.34. The number of carbonyl (C=O) groups is 2. The predicted octanol–water partition coefficient (Wildman–Crippen LogP) is 1.33. The zero-order valence-corrected chi connectivity index (χ0v) is 14.5. The zero-order chi connectivity index (χ0) is 17.8. The van der Waals surface area contributed by atoms with Crippen LogP contribution in [0.3, 0.4) is 0 Å². The van der Waals surface area contributed by atoms with Crippen molar-refractivity contribution >= 4 is 17.6 Å². The molecule has 1 saturated heterocycles. The number of anilines is 1. The number of rotatable bonds is 4. The Morgan fingerprint density at radius 1 is 1.24 bits per heavy atom.